The van der Waals surface area contributed by atoms with Gasteiger partial charge in [0.15, 0.2) is 0 Å². The number of nitrogens with zero attached hydrogens (tertiary/aromatic N) is 2. The lowest BCUT2D eigenvalue weighted by Crippen LogP contribution is -2.10. The van der Waals surface area contributed by atoms with Crippen LogP contribution in [0, 0.1) is 0 Å². The van der Waals surface area contributed by atoms with Crippen molar-refractivity contribution in [2.75, 3.05) is 0 Å². The fourth-order valence-corrected chi connectivity index (χ4v) is 1.44. The summed E-state index contributed by atoms with van der Waals surface area (Å²) in [6.07, 6.45) is 7.57. The zero-order valence-corrected chi connectivity index (χ0v) is 7.71. The molecule has 1 heterocycles. The van der Waals surface area contributed by atoms with Crippen LogP contribution in [0.3, 0.4) is 0 Å². The molecule has 0 saturated heterocycles. The van der Waals surface area contributed by atoms with E-state index in [1.54, 1.807) is 6.20 Å². The van der Waals surface area contributed by atoms with Crippen molar-refractivity contribution in [1.29, 1.82) is 0 Å². The van der Waals surface area contributed by atoms with Crippen LogP contribution in [-0.2, 0) is 0 Å². The van der Waals surface area contributed by atoms with E-state index in [9.17, 15) is 0 Å². The molecule has 11 heavy (non-hydrogen) atoms. The van der Waals surface area contributed by atoms with Crippen molar-refractivity contribution < 1.29 is 0 Å². The average molecular weight is 213 g/mol. The van der Waals surface area contributed by atoms with Crippen molar-refractivity contribution >= 4 is 15.9 Å². The first-order valence-electron chi connectivity index (χ1n) is 3.84. The second kappa shape index (κ2) is 2.89. The van der Waals surface area contributed by atoms with Gasteiger partial charge in [0.05, 0.1) is 11.9 Å². The van der Waals surface area contributed by atoms with Gasteiger partial charge < -0.3 is 0 Å². The van der Waals surface area contributed by atoms with Gasteiger partial charge in [-0.1, -0.05) is 6.42 Å². The van der Waals surface area contributed by atoms with E-state index >= 15 is 0 Å². The molecular formula is C8H9BrN2. The van der Waals surface area contributed by atoms with Gasteiger partial charge in [0.1, 0.15) is 4.60 Å². The molecule has 3 heteroatoms. The minimum Gasteiger partial charge on any atom is -0.257 e. The summed E-state index contributed by atoms with van der Waals surface area (Å²) >= 11 is 3.26. The Morgan fingerprint density at radius 2 is 2.09 bits per heavy atom. The summed E-state index contributed by atoms with van der Waals surface area (Å²) in [5.74, 6) is 0.690. The van der Waals surface area contributed by atoms with Gasteiger partial charge in [-0.15, -0.1) is 0 Å². The van der Waals surface area contributed by atoms with E-state index in [0.29, 0.717) is 5.92 Å². The Labute approximate surface area is 74.2 Å². The molecule has 1 fully saturated rings. The van der Waals surface area contributed by atoms with Gasteiger partial charge in [-0.05, 0) is 28.8 Å². The molecule has 0 N–H and O–H groups in total. The fourth-order valence-electron chi connectivity index (χ4n) is 1.24. The predicted molar refractivity (Wildman–Crippen MR) is 46.3 cm³/mol. The third-order valence-corrected chi connectivity index (χ3v) is 2.57. The molecule has 0 spiro atoms. The number of hydrogen-bond donors (Lipinski definition) is 0. The van der Waals surface area contributed by atoms with Crippen LogP contribution < -0.4 is 0 Å². The highest BCUT2D eigenvalue weighted by Crippen LogP contribution is 2.34. The Hall–Kier alpha value is -0.440. The third kappa shape index (κ3) is 1.43. The summed E-state index contributed by atoms with van der Waals surface area (Å²) in [7, 11) is 0. The van der Waals surface area contributed by atoms with E-state index < -0.39 is 0 Å². The molecule has 58 valence electrons. The third-order valence-electron chi connectivity index (χ3n) is 2.16. The minimum absolute atomic E-state index is 0.690. The largest absolute Gasteiger partial charge is 0.257 e. The first kappa shape index (κ1) is 7.22. The monoisotopic (exact) mass is 212 g/mol. The van der Waals surface area contributed by atoms with Gasteiger partial charge in [-0.3, -0.25) is 4.98 Å². The molecule has 2 nitrogen and oxygen atoms in total. The van der Waals surface area contributed by atoms with Crippen molar-refractivity contribution in [2.45, 2.75) is 25.2 Å². The Morgan fingerprint density at radius 1 is 1.27 bits per heavy atom. The maximum Gasteiger partial charge on any atom is 0.124 e. The van der Waals surface area contributed by atoms with E-state index in [-0.39, 0.29) is 0 Å². The number of hydrogen-bond acceptors (Lipinski definition) is 2. The van der Waals surface area contributed by atoms with E-state index in [0.717, 1.165) is 10.3 Å². The molecule has 1 aliphatic rings. The van der Waals surface area contributed by atoms with Gasteiger partial charge in [0.2, 0.25) is 0 Å². The fraction of sp³-hybridized carbons (Fsp3) is 0.500. The number of rotatable bonds is 1. The van der Waals surface area contributed by atoms with Crippen molar-refractivity contribution in [2.24, 2.45) is 0 Å². The second-order valence-electron chi connectivity index (χ2n) is 2.89. The Kier molecular flexibility index (Phi) is 1.90. The van der Waals surface area contributed by atoms with Gasteiger partial charge in [0, 0.05) is 12.1 Å². The number of aromatic nitrogens is 2. The SMILES string of the molecule is Brc1cnc(C2CCC2)cn1. The standard InChI is InChI=1S/C8H9BrN2/c9-8-5-10-7(4-11-8)6-2-1-3-6/h4-6H,1-3H2. The first-order chi connectivity index (χ1) is 5.36. The maximum absolute atomic E-state index is 4.29. The highest BCUT2D eigenvalue weighted by molar-refractivity contribution is 9.10. The molecule has 1 aromatic rings. The zero-order valence-electron chi connectivity index (χ0n) is 6.13. The lowest BCUT2D eigenvalue weighted by atomic mass is 9.83. The molecule has 2 rings (SSSR count). The van der Waals surface area contributed by atoms with Crippen LogP contribution in [-0.4, -0.2) is 9.97 Å². The summed E-state index contributed by atoms with van der Waals surface area (Å²) in [5.41, 5.74) is 1.15. The van der Waals surface area contributed by atoms with E-state index in [1.165, 1.54) is 19.3 Å². The lowest BCUT2D eigenvalue weighted by molar-refractivity contribution is 0.410. The van der Waals surface area contributed by atoms with Crippen molar-refractivity contribution in [1.82, 2.24) is 9.97 Å². The van der Waals surface area contributed by atoms with Crippen LogP contribution in [0.1, 0.15) is 30.9 Å². The molecule has 0 atom stereocenters. The van der Waals surface area contributed by atoms with Gasteiger partial charge in [0.25, 0.3) is 0 Å². The normalized spacial score (nSPS) is 17.9. The van der Waals surface area contributed by atoms with Gasteiger partial charge in [-0.2, -0.15) is 0 Å². The van der Waals surface area contributed by atoms with Gasteiger partial charge >= 0.3 is 0 Å². The predicted octanol–water partition coefficient (Wildman–Crippen LogP) is 2.51. The quantitative estimate of drug-likeness (QED) is 0.716. The molecule has 0 amide bonds. The van der Waals surface area contributed by atoms with Crippen molar-refractivity contribution in [3.63, 3.8) is 0 Å². The van der Waals surface area contributed by atoms with Crippen molar-refractivity contribution in [3.8, 4) is 0 Å². The Morgan fingerprint density at radius 3 is 2.55 bits per heavy atom. The van der Waals surface area contributed by atoms with E-state index in [2.05, 4.69) is 25.9 Å². The van der Waals surface area contributed by atoms with Crippen LogP contribution in [0.2, 0.25) is 0 Å². The minimum atomic E-state index is 0.690. The summed E-state index contributed by atoms with van der Waals surface area (Å²) < 4.78 is 0.820. The van der Waals surface area contributed by atoms with Crippen LogP contribution in [0.4, 0.5) is 0 Å². The van der Waals surface area contributed by atoms with Crippen LogP contribution >= 0.6 is 15.9 Å². The van der Waals surface area contributed by atoms with E-state index in [1.807, 2.05) is 6.20 Å². The second-order valence-corrected chi connectivity index (χ2v) is 3.70. The Bertz CT molecular complexity index is 241. The summed E-state index contributed by atoms with van der Waals surface area (Å²) in [5, 5.41) is 0. The molecule has 1 saturated carbocycles. The summed E-state index contributed by atoms with van der Waals surface area (Å²) in [6.45, 7) is 0. The average Bonchev–Trinajstić information content (AvgIpc) is 1.90. The van der Waals surface area contributed by atoms with Gasteiger partial charge in [-0.25, -0.2) is 4.98 Å². The lowest BCUT2D eigenvalue weighted by Gasteiger charge is -2.23. The summed E-state index contributed by atoms with van der Waals surface area (Å²) in [4.78, 5) is 8.43. The van der Waals surface area contributed by atoms with Crippen molar-refractivity contribution in [3.05, 3.63) is 22.7 Å². The molecule has 0 bridgehead atoms. The highest BCUT2D eigenvalue weighted by Gasteiger charge is 2.20. The zero-order chi connectivity index (χ0) is 7.68. The summed E-state index contributed by atoms with van der Waals surface area (Å²) in [6, 6.07) is 0. The van der Waals surface area contributed by atoms with Crippen LogP contribution in [0.15, 0.2) is 17.0 Å². The smallest absolute Gasteiger partial charge is 0.124 e. The molecule has 1 aliphatic carbocycles. The number of halogens is 1. The molecule has 0 aromatic carbocycles. The maximum atomic E-state index is 4.29. The highest BCUT2D eigenvalue weighted by atomic mass is 79.9. The van der Waals surface area contributed by atoms with Crippen LogP contribution in [0.25, 0.3) is 0 Å². The van der Waals surface area contributed by atoms with Crippen LogP contribution in [0.5, 0.6) is 0 Å². The Balaban J connectivity index is 2.18. The molecule has 1 aromatic heterocycles. The first-order valence-corrected chi connectivity index (χ1v) is 4.63. The topological polar surface area (TPSA) is 25.8 Å². The molecule has 0 radical (unpaired) electrons. The molecular weight excluding hydrogens is 204 g/mol. The molecule has 0 aliphatic heterocycles. The van der Waals surface area contributed by atoms with E-state index in [4.69, 9.17) is 0 Å². The molecule has 0 unspecified atom stereocenters.